The van der Waals surface area contributed by atoms with Gasteiger partial charge in [0.15, 0.2) is 6.61 Å². The molecule has 2 fully saturated rings. The summed E-state index contributed by atoms with van der Waals surface area (Å²) in [4.78, 5) is 46.6. The van der Waals surface area contributed by atoms with E-state index in [1.165, 1.54) is 10.5 Å². The van der Waals surface area contributed by atoms with Gasteiger partial charge in [0.2, 0.25) is 5.91 Å². The molecule has 4 aromatic carbocycles. The second-order valence-electron chi connectivity index (χ2n) is 17.5. The minimum Gasteiger partial charge on any atom is -0.484 e. The summed E-state index contributed by atoms with van der Waals surface area (Å²) < 4.78 is 101. The first-order chi connectivity index (χ1) is 31.8. The molecule has 1 spiro atoms. The minimum atomic E-state index is -5.12. The highest BCUT2D eigenvalue weighted by Gasteiger charge is 2.50. The summed E-state index contributed by atoms with van der Waals surface area (Å²) >= 11 is 12.7. The number of hydrogen-bond donors (Lipinski definition) is 0. The van der Waals surface area contributed by atoms with Gasteiger partial charge in [0.25, 0.3) is 11.8 Å². The van der Waals surface area contributed by atoms with Crippen LogP contribution in [0.25, 0.3) is 0 Å². The Labute approximate surface area is 395 Å². The van der Waals surface area contributed by atoms with Crippen molar-refractivity contribution in [1.29, 1.82) is 0 Å². The van der Waals surface area contributed by atoms with Crippen molar-refractivity contribution in [1.82, 2.24) is 19.6 Å². The molecule has 0 N–H and O–H groups in total. The highest BCUT2D eigenvalue weighted by atomic mass is 35.5. The molecule has 4 aromatic rings. The van der Waals surface area contributed by atoms with Crippen LogP contribution in [0, 0.1) is 0 Å². The maximum atomic E-state index is 13.9. The molecular weight excluding hydrogens is 925 g/mol. The fourth-order valence-corrected chi connectivity index (χ4v) is 9.69. The number of piperidine rings is 1. The topological polar surface area (TPSA) is 91.9 Å². The zero-order valence-corrected chi connectivity index (χ0v) is 38.6. The van der Waals surface area contributed by atoms with Gasteiger partial charge in [-0.2, -0.15) is 26.3 Å². The molecule has 0 radical (unpaired) electrons. The van der Waals surface area contributed by atoms with E-state index in [9.17, 15) is 40.7 Å². The van der Waals surface area contributed by atoms with E-state index in [-0.39, 0.29) is 72.4 Å². The zero-order valence-electron chi connectivity index (χ0n) is 37.1. The number of carbonyl (C=O) groups excluding carboxylic acids is 3. The van der Waals surface area contributed by atoms with Crippen LogP contribution in [0.5, 0.6) is 5.75 Å². The molecule has 2 atom stereocenters. The Kier molecular flexibility index (Phi) is 15.5. The van der Waals surface area contributed by atoms with Crippen molar-refractivity contribution in [3.63, 3.8) is 0 Å². The molecule has 0 aromatic heterocycles. The first-order valence-corrected chi connectivity index (χ1v) is 22.8. The van der Waals surface area contributed by atoms with Gasteiger partial charge in [-0.15, -0.1) is 0 Å². The normalized spacial score (nSPS) is 19.6. The molecule has 3 amide bonds. The van der Waals surface area contributed by atoms with Gasteiger partial charge in [-0.25, -0.2) is 0 Å². The average Bonchev–Trinajstić information content (AvgIpc) is 3.61. The van der Waals surface area contributed by atoms with E-state index in [1.54, 1.807) is 54.2 Å². The maximum absolute atomic E-state index is 13.9. The second kappa shape index (κ2) is 20.8. The summed E-state index contributed by atoms with van der Waals surface area (Å²) in [6.45, 7) is 2.09. The Morgan fingerprint density at radius 1 is 0.776 bits per heavy atom. The molecule has 360 valence electrons. The number of rotatable bonds is 15. The lowest BCUT2D eigenvalue weighted by atomic mass is 9.72. The van der Waals surface area contributed by atoms with E-state index in [0.29, 0.717) is 88.3 Å². The van der Waals surface area contributed by atoms with Crippen LogP contribution >= 0.6 is 23.2 Å². The number of carbonyl (C=O) groups is 3. The lowest BCUT2D eigenvalue weighted by molar-refractivity contribution is -0.143. The highest BCUT2D eigenvalue weighted by molar-refractivity contribution is 6.42. The number of para-hydroxylation sites is 1. The third-order valence-corrected chi connectivity index (χ3v) is 14.0. The molecule has 2 aliphatic heterocycles. The Bertz CT molecular complexity index is 2370. The number of likely N-dealkylation sites (N-methyl/N-ethyl adjacent to an activating group) is 2. The van der Waals surface area contributed by atoms with E-state index in [4.69, 9.17) is 37.4 Å². The molecule has 10 nitrogen and oxygen atoms in total. The maximum Gasteiger partial charge on any atom is 0.416 e. The van der Waals surface area contributed by atoms with Crippen LogP contribution in [0.3, 0.4) is 0 Å². The van der Waals surface area contributed by atoms with Crippen LogP contribution in [0.15, 0.2) is 91.0 Å². The summed E-state index contributed by atoms with van der Waals surface area (Å²) in [5.74, 6) is -0.732. The number of benzene rings is 4. The Balaban J connectivity index is 0.989. The van der Waals surface area contributed by atoms with Crippen LogP contribution in [0.2, 0.25) is 10.0 Å². The number of fused-ring (bicyclic) bond motifs is 2. The van der Waals surface area contributed by atoms with Gasteiger partial charge in [-0.3, -0.25) is 14.4 Å². The van der Waals surface area contributed by atoms with Crippen molar-refractivity contribution in [3.05, 3.63) is 134 Å². The average molecular weight is 978 g/mol. The molecule has 67 heavy (non-hydrogen) atoms. The first kappa shape index (κ1) is 50.0. The molecule has 2 saturated heterocycles. The summed E-state index contributed by atoms with van der Waals surface area (Å²) in [6, 6.07) is 23.0. The fraction of sp³-hybridized carbons (Fsp3) is 0.449. The SMILES string of the molecule is CN(CCCN(C)C(=O)CO[C@H]1Cc2ccccc2C12CCN(CC[C@@]1(c3ccc(Cl)c(Cl)c3)CN(C(=O)c3cc(C(F)(F)F)cc(C(F)(F)F)c3)CCO1)CC2)C(=O)COc1ccccc1. The molecule has 0 unspecified atom stereocenters. The molecule has 1 aliphatic carbocycles. The summed E-state index contributed by atoms with van der Waals surface area (Å²) in [5, 5.41) is 0.469. The molecule has 3 aliphatic rings. The van der Waals surface area contributed by atoms with Crippen LogP contribution in [-0.2, 0) is 48.9 Å². The van der Waals surface area contributed by atoms with Crippen LogP contribution < -0.4 is 4.74 Å². The smallest absolute Gasteiger partial charge is 0.416 e. The summed E-state index contributed by atoms with van der Waals surface area (Å²) in [7, 11) is 3.42. The van der Waals surface area contributed by atoms with Crippen molar-refractivity contribution < 1.29 is 54.9 Å². The van der Waals surface area contributed by atoms with E-state index in [1.807, 2.05) is 30.3 Å². The molecule has 0 saturated carbocycles. The van der Waals surface area contributed by atoms with Crippen LogP contribution in [-0.4, -0.2) is 123 Å². The predicted octanol–water partition coefficient (Wildman–Crippen LogP) is 9.15. The summed E-state index contributed by atoms with van der Waals surface area (Å²) in [6.07, 6.45) is -7.61. The second-order valence-corrected chi connectivity index (χ2v) is 18.3. The standard InChI is InChI=1S/C49H52Cl2F6N4O6/c1-58(43(62)30-65-38-10-4-3-5-11-38)18-8-19-59(2)44(63)31-66-42-27-33-9-6-7-12-39(33)46(42)15-20-60(21-16-46)22-17-47(35-13-14-40(50)41(51)29-35)32-61(23-24-67-47)45(64)34-25-36(48(52,53)54)28-37(26-34)49(55,56)57/h3-7,9-14,25-26,28-29,42H,8,15-24,27,30-32H2,1-2H3/t42-,47-/m0/s1. The van der Waals surface area contributed by atoms with Crippen molar-refractivity contribution >= 4 is 40.9 Å². The van der Waals surface area contributed by atoms with Crippen LogP contribution in [0.4, 0.5) is 26.3 Å². The summed E-state index contributed by atoms with van der Waals surface area (Å²) in [5.41, 5.74) is -2.62. The van der Waals surface area contributed by atoms with Gasteiger partial charge >= 0.3 is 12.4 Å². The third-order valence-electron chi connectivity index (χ3n) is 13.3. The van der Waals surface area contributed by atoms with Crippen molar-refractivity contribution in [2.24, 2.45) is 0 Å². The van der Waals surface area contributed by atoms with E-state index in [2.05, 4.69) is 17.0 Å². The third kappa shape index (κ3) is 11.7. The van der Waals surface area contributed by atoms with Gasteiger partial charge in [-0.05, 0) is 104 Å². The largest absolute Gasteiger partial charge is 0.484 e. The zero-order chi connectivity index (χ0) is 48.1. The quantitative estimate of drug-likeness (QED) is 0.110. The number of ether oxygens (including phenoxy) is 3. The Morgan fingerprint density at radius 3 is 2.04 bits per heavy atom. The van der Waals surface area contributed by atoms with Crippen molar-refractivity contribution in [3.8, 4) is 5.75 Å². The molecule has 7 rings (SSSR count). The number of nitrogens with zero attached hydrogens (tertiary/aromatic N) is 4. The number of halogens is 8. The molecule has 18 heteroatoms. The minimum absolute atomic E-state index is 0.00429. The predicted molar refractivity (Wildman–Crippen MR) is 240 cm³/mol. The van der Waals surface area contributed by atoms with Crippen molar-refractivity contribution in [2.45, 2.75) is 61.6 Å². The Hall–Kier alpha value is -4.87. The number of morpholine rings is 1. The van der Waals surface area contributed by atoms with Gasteiger partial charge in [0.05, 0.1) is 40.4 Å². The van der Waals surface area contributed by atoms with Gasteiger partial charge in [-0.1, -0.05) is 71.7 Å². The van der Waals surface area contributed by atoms with Gasteiger partial charge in [0.1, 0.15) is 18.0 Å². The van der Waals surface area contributed by atoms with E-state index in [0.717, 1.165) is 5.56 Å². The first-order valence-electron chi connectivity index (χ1n) is 22.0. The van der Waals surface area contributed by atoms with Crippen LogP contribution in [0.1, 0.15) is 63.9 Å². The lowest BCUT2D eigenvalue weighted by Gasteiger charge is -2.46. The molecule has 0 bridgehead atoms. The highest BCUT2D eigenvalue weighted by Crippen LogP contribution is 2.48. The number of likely N-dealkylation sites (tertiary alicyclic amines) is 1. The van der Waals surface area contributed by atoms with Crippen molar-refractivity contribution in [2.75, 3.05) is 79.7 Å². The monoisotopic (exact) mass is 976 g/mol. The number of alkyl halides is 6. The Morgan fingerprint density at radius 2 is 1.40 bits per heavy atom. The van der Waals surface area contributed by atoms with Gasteiger partial charge < -0.3 is 33.8 Å². The van der Waals surface area contributed by atoms with Gasteiger partial charge in [0, 0.05) is 51.3 Å². The van der Waals surface area contributed by atoms with E-state index >= 15 is 0 Å². The molecular formula is C49H52Cl2F6N4O6. The molecule has 2 heterocycles. The fourth-order valence-electron chi connectivity index (χ4n) is 9.39. The number of amides is 3. The number of hydrogen-bond acceptors (Lipinski definition) is 7. The van der Waals surface area contributed by atoms with E-state index < -0.39 is 40.6 Å². The lowest BCUT2D eigenvalue weighted by Crippen LogP contribution is -2.54.